The highest BCUT2D eigenvalue weighted by atomic mass is 16.3. The largest absolute Gasteiger partial charge is 0.393 e. The molecule has 0 spiro atoms. The number of aliphatic hydroxyl groups is 1. The smallest absolute Gasteiger partial charge is 0.257 e. The molecule has 0 atom stereocenters. The minimum absolute atomic E-state index is 0.00682. The first-order valence-corrected chi connectivity index (χ1v) is 5.51. The Morgan fingerprint density at radius 2 is 2.38 bits per heavy atom. The summed E-state index contributed by atoms with van der Waals surface area (Å²) < 4.78 is 0. The molecular formula is C11H17N3O2. The number of aromatic amines is 1. The third-order valence-corrected chi connectivity index (χ3v) is 3.15. The van der Waals surface area contributed by atoms with Gasteiger partial charge in [-0.3, -0.25) is 9.89 Å². The summed E-state index contributed by atoms with van der Waals surface area (Å²) in [7, 11) is 1.79. The monoisotopic (exact) mass is 223 g/mol. The van der Waals surface area contributed by atoms with E-state index in [-0.39, 0.29) is 12.0 Å². The summed E-state index contributed by atoms with van der Waals surface area (Å²) in [6.07, 6.45) is 3.01. The Morgan fingerprint density at radius 3 is 2.88 bits per heavy atom. The molecule has 1 fully saturated rings. The Balaban J connectivity index is 1.92. The first-order valence-electron chi connectivity index (χ1n) is 5.51. The molecule has 1 saturated carbocycles. The lowest BCUT2D eigenvalue weighted by Gasteiger charge is -2.34. The van der Waals surface area contributed by atoms with E-state index in [0.29, 0.717) is 18.0 Å². The van der Waals surface area contributed by atoms with Gasteiger partial charge in [0.2, 0.25) is 0 Å². The van der Waals surface area contributed by atoms with Crippen molar-refractivity contribution in [2.75, 3.05) is 13.6 Å². The number of amides is 1. The predicted octanol–water partition coefficient (Wildman–Crippen LogP) is 0.561. The van der Waals surface area contributed by atoms with Crippen LogP contribution in [0.5, 0.6) is 0 Å². The van der Waals surface area contributed by atoms with Crippen molar-refractivity contribution >= 4 is 5.91 Å². The van der Waals surface area contributed by atoms with Gasteiger partial charge in [0.15, 0.2) is 0 Å². The number of aryl methyl sites for hydroxylation is 1. The average molecular weight is 223 g/mol. The maximum absolute atomic E-state index is 12.0. The molecule has 5 heteroatoms. The molecule has 2 N–H and O–H groups in total. The van der Waals surface area contributed by atoms with Crippen LogP contribution >= 0.6 is 0 Å². The van der Waals surface area contributed by atoms with Gasteiger partial charge < -0.3 is 10.0 Å². The fourth-order valence-electron chi connectivity index (χ4n) is 2.09. The molecular weight excluding hydrogens is 206 g/mol. The zero-order valence-corrected chi connectivity index (χ0v) is 9.60. The molecule has 0 saturated heterocycles. The lowest BCUT2D eigenvalue weighted by atomic mass is 9.82. The second-order valence-electron chi connectivity index (χ2n) is 4.59. The number of aromatic nitrogens is 2. The number of hydrogen-bond donors (Lipinski definition) is 2. The van der Waals surface area contributed by atoms with Crippen LogP contribution in [0, 0.1) is 12.8 Å². The van der Waals surface area contributed by atoms with Crippen molar-refractivity contribution in [2.45, 2.75) is 25.9 Å². The molecule has 0 unspecified atom stereocenters. The van der Waals surface area contributed by atoms with E-state index in [1.165, 1.54) is 0 Å². The zero-order valence-electron chi connectivity index (χ0n) is 9.60. The fourth-order valence-corrected chi connectivity index (χ4v) is 2.09. The Hall–Kier alpha value is -1.36. The summed E-state index contributed by atoms with van der Waals surface area (Å²) in [6.45, 7) is 2.54. The van der Waals surface area contributed by atoms with Gasteiger partial charge in [-0.2, -0.15) is 5.10 Å². The van der Waals surface area contributed by atoms with Gasteiger partial charge in [0.25, 0.3) is 5.91 Å². The second kappa shape index (κ2) is 4.25. The molecule has 1 aromatic heterocycles. The summed E-state index contributed by atoms with van der Waals surface area (Å²) in [5.74, 6) is 0.434. The fraction of sp³-hybridized carbons (Fsp3) is 0.636. The van der Waals surface area contributed by atoms with E-state index in [1.807, 2.05) is 6.92 Å². The predicted molar refractivity (Wildman–Crippen MR) is 59.0 cm³/mol. The van der Waals surface area contributed by atoms with Crippen LogP contribution < -0.4 is 0 Å². The van der Waals surface area contributed by atoms with Gasteiger partial charge >= 0.3 is 0 Å². The highest BCUT2D eigenvalue weighted by Crippen LogP contribution is 2.27. The van der Waals surface area contributed by atoms with Gasteiger partial charge in [0.1, 0.15) is 0 Å². The highest BCUT2D eigenvalue weighted by molar-refractivity contribution is 5.94. The Kier molecular flexibility index (Phi) is 2.96. The molecule has 1 aliphatic carbocycles. The van der Waals surface area contributed by atoms with Crippen molar-refractivity contribution in [3.05, 3.63) is 17.5 Å². The Labute approximate surface area is 94.5 Å². The number of nitrogens with zero attached hydrogens (tertiary/aromatic N) is 2. The minimum atomic E-state index is -0.163. The topological polar surface area (TPSA) is 69.2 Å². The molecule has 2 rings (SSSR count). The van der Waals surface area contributed by atoms with Crippen LogP contribution in [0.15, 0.2) is 6.20 Å². The van der Waals surface area contributed by atoms with Gasteiger partial charge in [-0.25, -0.2) is 0 Å². The van der Waals surface area contributed by atoms with Crippen molar-refractivity contribution in [1.82, 2.24) is 15.1 Å². The van der Waals surface area contributed by atoms with E-state index in [0.717, 1.165) is 18.5 Å². The van der Waals surface area contributed by atoms with Crippen LogP contribution in [0.4, 0.5) is 0 Å². The second-order valence-corrected chi connectivity index (χ2v) is 4.59. The van der Waals surface area contributed by atoms with Crippen LogP contribution in [0.1, 0.15) is 28.9 Å². The zero-order chi connectivity index (χ0) is 11.7. The van der Waals surface area contributed by atoms with E-state index >= 15 is 0 Å². The number of nitrogens with one attached hydrogen (secondary N) is 1. The van der Waals surface area contributed by atoms with Crippen LogP contribution in [-0.2, 0) is 0 Å². The van der Waals surface area contributed by atoms with Crippen LogP contribution in [0.2, 0.25) is 0 Å². The van der Waals surface area contributed by atoms with E-state index in [2.05, 4.69) is 10.2 Å². The maximum Gasteiger partial charge on any atom is 0.257 e. The molecule has 0 aromatic carbocycles. The molecule has 0 aliphatic heterocycles. The van der Waals surface area contributed by atoms with Gasteiger partial charge in [0, 0.05) is 19.3 Å². The van der Waals surface area contributed by atoms with Gasteiger partial charge in [-0.1, -0.05) is 0 Å². The normalized spacial score (nSPS) is 23.9. The summed E-state index contributed by atoms with van der Waals surface area (Å²) >= 11 is 0. The van der Waals surface area contributed by atoms with Crippen molar-refractivity contribution in [2.24, 2.45) is 5.92 Å². The average Bonchev–Trinajstić information content (AvgIpc) is 2.61. The first kappa shape index (κ1) is 11.1. The lowest BCUT2D eigenvalue weighted by molar-refractivity contribution is 0.0265. The first-order chi connectivity index (χ1) is 7.58. The van der Waals surface area contributed by atoms with Gasteiger partial charge in [0.05, 0.1) is 17.9 Å². The van der Waals surface area contributed by atoms with E-state index in [9.17, 15) is 9.90 Å². The number of aliphatic hydroxyl groups excluding tert-OH is 1. The lowest BCUT2D eigenvalue weighted by Crippen LogP contribution is -2.39. The third kappa shape index (κ3) is 2.09. The molecule has 1 amide bonds. The summed E-state index contributed by atoms with van der Waals surface area (Å²) in [4.78, 5) is 13.7. The van der Waals surface area contributed by atoms with Gasteiger partial charge in [-0.15, -0.1) is 0 Å². The third-order valence-electron chi connectivity index (χ3n) is 3.15. The van der Waals surface area contributed by atoms with Crippen molar-refractivity contribution < 1.29 is 9.90 Å². The van der Waals surface area contributed by atoms with Crippen LogP contribution in [0.3, 0.4) is 0 Å². The van der Waals surface area contributed by atoms with Crippen LogP contribution in [-0.4, -0.2) is 45.8 Å². The Bertz CT molecular complexity index is 382. The summed E-state index contributed by atoms with van der Waals surface area (Å²) in [5.41, 5.74) is 1.42. The van der Waals surface area contributed by atoms with E-state index < -0.39 is 0 Å². The van der Waals surface area contributed by atoms with E-state index in [4.69, 9.17) is 0 Å². The van der Waals surface area contributed by atoms with Crippen molar-refractivity contribution in [3.8, 4) is 0 Å². The van der Waals surface area contributed by atoms with Crippen LogP contribution in [0.25, 0.3) is 0 Å². The molecule has 5 nitrogen and oxygen atoms in total. The summed E-state index contributed by atoms with van der Waals surface area (Å²) in [5, 5.41) is 15.8. The number of H-pyrrole nitrogens is 1. The molecule has 1 aromatic rings. The Morgan fingerprint density at radius 1 is 1.69 bits per heavy atom. The molecule has 0 bridgehead atoms. The number of hydrogen-bond acceptors (Lipinski definition) is 3. The molecule has 1 heterocycles. The summed E-state index contributed by atoms with van der Waals surface area (Å²) in [6, 6.07) is 0. The van der Waals surface area contributed by atoms with E-state index in [1.54, 1.807) is 18.1 Å². The minimum Gasteiger partial charge on any atom is -0.393 e. The van der Waals surface area contributed by atoms with Crippen molar-refractivity contribution in [1.29, 1.82) is 0 Å². The standard InChI is InChI=1S/C11H17N3O2/c1-7-10(5-12-13-7)11(16)14(2)6-8-3-9(15)4-8/h5,8-9,15H,3-4,6H2,1-2H3,(H,12,13). The highest BCUT2D eigenvalue weighted by Gasteiger charge is 2.29. The molecule has 16 heavy (non-hydrogen) atoms. The van der Waals surface area contributed by atoms with Crippen molar-refractivity contribution in [3.63, 3.8) is 0 Å². The molecule has 88 valence electrons. The van der Waals surface area contributed by atoms with Gasteiger partial charge in [-0.05, 0) is 25.7 Å². The maximum atomic E-state index is 12.0. The SMILES string of the molecule is Cc1[nH]ncc1C(=O)N(C)CC1CC(O)C1. The molecule has 1 aliphatic rings. The number of carbonyl (C=O) groups excluding carboxylic acids is 1. The number of carbonyl (C=O) groups is 1. The quantitative estimate of drug-likeness (QED) is 0.786. The number of rotatable bonds is 3. The molecule has 0 radical (unpaired) electrons.